The molecule has 4 rings (SSSR count). The SMILES string of the molecule is CCCCCCCc1cc2sc(-c3ccc([C@H]4CC[C@H](CCCC)CC4)cc3)cc2s1. The number of unbranched alkanes of at least 4 members (excludes halogenated alkanes) is 5. The van der Waals surface area contributed by atoms with Crippen LogP contribution in [0.3, 0.4) is 0 Å². The quantitative estimate of drug-likeness (QED) is 0.254. The number of benzene rings is 1. The molecular weight excluding hydrogens is 412 g/mol. The van der Waals surface area contributed by atoms with Gasteiger partial charge in [-0.25, -0.2) is 0 Å². The van der Waals surface area contributed by atoms with Crippen LogP contribution in [0.1, 0.15) is 107 Å². The van der Waals surface area contributed by atoms with Crippen molar-refractivity contribution in [1.29, 1.82) is 0 Å². The van der Waals surface area contributed by atoms with E-state index in [1.165, 1.54) is 103 Å². The minimum absolute atomic E-state index is 0.790. The average molecular weight is 453 g/mol. The molecule has 1 saturated carbocycles. The molecule has 3 aromatic rings. The van der Waals surface area contributed by atoms with Gasteiger partial charge in [0.15, 0.2) is 0 Å². The summed E-state index contributed by atoms with van der Waals surface area (Å²) < 4.78 is 2.97. The van der Waals surface area contributed by atoms with Crippen molar-refractivity contribution in [3.63, 3.8) is 0 Å². The first kappa shape index (κ1) is 23.1. The maximum atomic E-state index is 2.46. The summed E-state index contributed by atoms with van der Waals surface area (Å²) in [6.45, 7) is 4.61. The highest BCUT2D eigenvalue weighted by Crippen LogP contribution is 2.41. The topological polar surface area (TPSA) is 0 Å². The van der Waals surface area contributed by atoms with Crippen LogP contribution in [0.5, 0.6) is 0 Å². The van der Waals surface area contributed by atoms with Gasteiger partial charge in [-0.3, -0.25) is 0 Å². The zero-order valence-electron chi connectivity index (χ0n) is 19.6. The highest BCUT2D eigenvalue weighted by Gasteiger charge is 2.22. The van der Waals surface area contributed by atoms with Crippen LogP contribution in [0.25, 0.3) is 19.8 Å². The number of rotatable bonds is 11. The maximum Gasteiger partial charge on any atom is 0.0460 e. The molecule has 0 radical (unpaired) electrons. The van der Waals surface area contributed by atoms with Gasteiger partial charge < -0.3 is 0 Å². The van der Waals surface area contributed by atoms with E-state index in [1.807, 2.05) is 22.7 Å². The zero-order valence-corrected chi connectivity index (χ0v) is 21.3. The van der Waals surface area contributed by atoms with Gasteiger partial charge in [0.2, 0.25) is 0 Å². The van der Waals surface area contributed by atoms with Gasteiger partial charge in [-0.2, -0.15) is 0 Å². The molecule has 0 aliphatic heterocycles. The Bertz CT molecular complexity index is 875. The highest BCUT2D eigenvalue weighted by molar-refractivity contribution is 7.29. The minimum atomic E-state index is 0.790. The molecular formula is C29H40S2. The van der Waals surface area contributed by atoms with Crippen molar-refractivity contribution >= 4 is 32.1 Å². The van der Waals surface area contributed by atoms with Gasteiger partial charge in [0, 0.05) is 19.2 Å². The summed E-state index contributed by atoms with van der Waals surface area (Å²) in [6.07, 6.45) is 18.0. The highest BCUT2D eigenvalue weighted by atomic mass is 32.1. The lowest BCUT2D eigenvalue weighted by molar-refractivity contribution is 0.304. The molecule has 0 nitrogen and oxygen atoms in total. The summed E-state index contributed by atoms with van der Waals surface area (Å²) >= 11 is 4.00. The first-order valence-corrected chi connectivity index (χ1v) is 14.5. The molecule has 2 heteroatoms. The summed E-state index contributed by atoms with van der Waals surface area (Å²) in [5, 5.41) is 0. The summed E-state index contributed by atoms with van der Waals surface area (Å²) in [5.41, 5.74) is 2.97. The molecule has 1 aromatic carbocycles. The molecule has 168 valence electrons. The Balaban J connectivity index is 1.32. The Morgan fingerprint density at radius 3 is 2.16 bits per heavy atom. The van der Waals surface area contributed by atoms with Gasteiger partial charge in [0.25, 0.3) is 0 Å². The summed E-state index contributed by atoms with van der Waals surface area (Å²) in [6, 6.07) is 14.5. The molecule has 0 unspecified atom stereocenters. The van der Waals surface area contributed by atoms with Crippen LogP contribution in [0.4, 0.5) is 0 Å². The van der Waals surface area contributed by atoms with Gasteiger partial charge in [0.1, 0.15) is 0 Å². The van der Waals surface area contributed by atoms with E-state index in [-0.39, 0.29) is 0 Å². The van der Waals surface area contributed by atoms with E-state index in [9.17, 15) is 0 Å². The fraction of sp³-hybridized carbons (Fsp3) is 0.586. The monoisotopic (exact) mass is 452 g/mol. The van der Waals surface area contributed by atoms with Crippen molar-refractivity contribution in [2.24, 2.45) is 5.92 Å². The van der Waals surface area contributed by atoms with E-state index in [4.69, 9.17) is 0 Å². The van der Waals surface area contributed by atoms with Crippen molar-refractivity contribution in [2.75, 3.05) is 0 Å². The summed E-state index contributed by atoms with van der Waals surface area (Å²) in [4.78, 5) is 3.01. The molecule has 1 fully saturated rings. The summed E-state index contributed by atoms with van der Waals surface area (Å²) in [7, 11) is 0. The molecule has 1 aliphatic carbocycles. The third-order valence-corrected chi connectivity index (χ3v) is 9.67. The number of aryl methyl sites for hydroxylation is 1. The van der Waals surface area contributed by atoms with Gasteiger partial charge in [0.05, 0.1) is 0 Å². The molecule has 0 spiro atoms. The van der Waals surface area contributed by atoms with Crippen molar-refractivity contribution in [1.82, 2.24) is 0 Å². The molecule has 2 heterocycles. The number of hydrogen-bond acceptors (Lipinski definition) is 2. The Labute approximate surface area is 198 Å². The van der Waals surface area contributed by atoms with Crippen molar-refractivity contribution in [2.45, 2.75) is 103 Å². The lowest BCUT2D eigenvalue weighted by Crippen LogP contribution is -2.13. The van der Waals surface area contributed by atoms with E-state index >= 15 is 0 Å². The predicted octanol–water partition coefficient (Wildman–Crippen LogP) is 10.6. The molecule has 0 N–H and O–H groups in total. The van der Waals surface area contributed by atoms with E-state index < -0.39 is 0 Å². The molecule has 0 atom stereocenters. The molecule has 2 aromatic heterocycles. The van der Waals surface area contributed by atoms with Crippen LogP contribution < -0.4 is 0 Å². The van der Waals surface area contributed by atoms with Crippen LogP contribution in [0.15, 0.2) is 36.4 Å². The average Bonchev–Trinajstić information content (AvgIpc) is 3.37. The number of thiophene rings is 2. The molecule has 31 heavy (non-hydrogen) atoms. The summed E-state index contributed by atoms with van der Waals surface area (Å²) in [5.74, 6) is 1.79. The van der Waals surface area contributed by atoms with E-state index in [0.29, 0.717) is 0 Å². The Morgan fingerprint density at radius 2 is 1.45 bits per heavy atom. The largest absolute Gasteiger partial charge is 0.139 e. The Kier molecular flexibility index (Phi) is 8.67. The smallest absolute Gasteiger partial charge is 0.0460 e. The van der Waals surface area contributed by atoms with Crippen LogP contribution in [-0.4, -0.2) is 0 Å². The fourth-order valence-electron chi connectivity index (χ4n) is 5.25. The zero-order chi connectivity index (χ0) is 21.5. The fourth-order valence-corrected chi connectivity index (χ4v) is 7.72. The van der Waals surface area contributed by atoms with Crippen molar-refractivity contribution < 1.29 is 0 Å². The lowest BCUT2D eigenvalue weighted by Gasteiger charge is -2.28. The second kappa shape index (κ2) is 11.7. The molecule has 0 saturated heterocycles. The lowest BCUT2D eigenvalue weighted by atomic mass is 9.77. The number of hydrogen-bond donors (Lipinski definition) is 0. The molecule has 0 bridgehead atoms. The van der Waals surface area contributed by atoms with Gasteiger partial charge in [-0.05, 0) is 73.6 Å². The van der Waals surface area contributed by atoms with E-state index in [0.717, 1.165) is 11.8 Å². The second-order valence-corrected chi connectivity index (χ2v) is 12.0. The van der Waals surface area contributed by atoms with Gasteiger partial charge >= 0.3 is 0 Å². The first-order chi connectivity index (χ1) is 15.3. The van der Waals surface area contributed by atoms with Crippen LogP contribution in [0.2, 0.25) is 0 Å². The van der Waals surface area contributed by atoms with Crippen molar-refractivity contribution in [3.8, 4) is 10.4 Å². The third-order valence-electron chi connectivity index (χ3n) is 7.26. The standard InChI is InChI=1S/C29H40S2/c1-3-5-7-8-9-11-26-20-28-29(30-26)21-27(31-28)25-18-16-24(17-19-25)23-14-12-22(13-15-23)10-6-4-2/h16-23H,3-15H2,1-2H3/t22-,23-. The normalized spacial score (nSPS) is 19.3. The third kappa shape index (κ3) is 6.23. The minimum Gasteiger partial charge on any atom is -0.139 e. The van der Waals surface area contributed by atoms with E-state index in [2.05, 4.69) is 50.2 Å². The Hall–Kier alpha value is -1.12. The van der Waals surface area contributed by atoms with Crippen LogP contribution >= 0.6 is 22.7 Å². The van der Waals surface area contributed by atoms with Crippen molar-refractivity contribution in [3.05, 3.63) is 46.8 Å². The van der Waals surface area contributed by atoms with Crippen LogP contribution in [-0.2, 0) is 6.42 Å². The predicted molar refractivity (Wildman–Crippen MR) is 142 cm³/mol. The Morgan fingerprint density at radius 1 is 0.742 bits per heavy atom. The first-order valence-electron chi connectivity index (χ1n) is 12.9. The molecule has 0 amide bonds. The van der Waals surface area contributed by atoms with Crippen LogP contribution in [0, 0.1) is 5.92 Å². The number of fused-ring (bicyclic) bond motifs is 1. The van der Waals surface area contributed by atoms with E-state index in [1.54, 1.807) is 10.4 Å². The second-order valence-electron chi connectivity index (χ2n) is 9.70. The molecule has 1 aliphatic rings. The van der Waals surface area contributed by atoms with Gasteiger partial charge in [-0.1, -0.05) is 83.1 Å². The maximum absolute atomic E-state index is 2.46. The van der Waals surface area contributed by atoms with Gasteiger partial charge in [-0.15, -0.1) is 22.7 Å².